The van der Waals surface area contributed by atoms with E-state index in [4.69, 9.17) is 28.4 Å². The van der Waals surface area contributed by atoms with Crippen molar-refractivity contribution in [3.63, 3.8) is 0 Å². The van der Waals surface area contributed by atoms with E-state index in [1.54, 1.807) is 0 Å². The molecule has 0 spiro atoms. The third kappa shape index (κ3) is 13.0. The van der Waals surface area contributed by atoms with Gasteiger partial charge in [0.1, 0.15) is 25.4 Å². The van der Waals surface area contributed by atoms with Crippen LogP contribution in [0.1, 0.15) is 58.9 Å². The van der Waals surface area contributed by atoms with Gasteiger partial charge in [0.05, 0.1) is 0 Å². The number of hydrogen-bond donors (Lipinski definition) is 2. The van der Waals surface area contributed by atoms with E-state index < -0.39 is 60.6 Å². The number of carbonyl (C=O) groups is 5. The molecule has 0 radical (unpaired) electrons. The van der Waals surface area contributed by atoms with Crippen LogP contribution < -0.4 is 10.6 Å². The van der Waals surface area contributed by atoms with Crippen LogP contribution in [0, 0.1) is 0 Å². The van der Waals surface area contributed by atoms with Gasteiger partial charge in [0.2, 0.25) is 5.91 Å². The van der Waals surface area contributed by atoms with Gasteiger partial charge in [0.15, 0.2) is 18.5 Å². The van der Waals surface area contributed by atoms with E-state index in [-0.39, 0.29) is 19.8 Å². The molecule has 1 saturated heterocycles. The monoisotopic (exact) mass is 580 g/mol. The van der Waals surface area contributed by atoms with E-state index in [0.29, 0.717) is 13.0 Å². The van der Waals surface area contributed by atoms with Crippen molar-refractivity contribution in [3.8, 4) is 0 Å². The molecule has 2 N–H and O–H groups in total. The normalized spacial score (nSPS) is 21.7. The number of ether oxygens (including phenoxy) is 6. The van der Waals surface area contributed by atoms with E-state index in [1.807, 2.05) is 30.3 Å². The van der Waals surface area contributed by atoms with Gasteiger partial charge in [-0.3, -0.25) is 19.2 Å². The summed E-state index contributed by atoms with van der Waals surface area (Å²) in [5, 5.41) is 5.38. The molecule has 1 heterocycles. The standard InChI is InChI=1S/C28H40N2O11/c1-18(31)30-24-26(40-21(4)34)25(39-20(3)33)23(17-37-19(2)32)41-27(24)36-15-11-6-5-10-14-29-28(35)38-16-22-12-8-7-9-13-22/h7-9,12-13,23-27H,5-6,10-11,14-17H2,1-4H3,(H,29,35)(H,30,31)/t23-,24-,25+,26-,27-/m0/s1. The van der Waals surface area contributed by atoms with E-state index in [0.717, 1.165) is 24.8 Å². The Hall–Kier alpha value is -3.71. The van der Waals surface area contributed by atoms with E-state index in [9.17, 15) is 24.0 Å². The molecule has 0 bridgehead atoms. The summed E-state index contributed by atoms with van der Waals surface area (Å²) in [6, 6.07) is 8.39. The highest BCUT2D eigenvalue weighted by Crippen LogP contribution is 2.28. The summed E-state index contributed by atoms with van der Waals surface area (Å²) in [4.78, 5) is 59.0. The minimum Gasteiger partial charge on any atom is -0.463 e. The van der Waals surface area contributed by atoms with Crippen molar-refractivity contribution in [1.82, 2.24) is 10.6 Å². The van der Waals surface area contributed by atoms with Crippen LogP contribution in [0.15, 0.2) is 30.3 Å². The molecule has 228 valence electrons. The average Bonchev–Trinajstić information content (AvgIpc) is 2.90. The van der Waals surface area contributed by atoms with Gasteiger partial charge in [-0.2, -0.15) is 0 Å². The Kier molecular flexibility index (Phi) is 14.6. The van der Waals surface area contributed by atoms with E-state index in [2.05, 4.69) is 10.6 Å². The highest BCUT2D eigenvalue weighted by Gasteiger charge is 2.51. The predicted molar refractivity (Wildman–Crippen MR) is 143 cm³/mol. The number of alkyl carbamates (subject to hydrolysis) is 1. The summed E-state index contributed by atoms with van der Waals surface area (Å²) in [6.07, 6.45) is -1.96. The first-order valence-electron chi connectivity index (χ1n) is 13.5. The number of hydrogen-bond acceptors (Lipinski definition) is 11. The maximum Gasteiger partial charge on any atom is 0.407 e. The Morgan fingerprint density at radius 2 is 1.46 bits per heavy atom. The van der Waals surface area contributed by atoms with E-state index in [1.165, 1.54) is 27.7 Å². The van der Waals surface area contributed by atoms with Crippen LogP contribution in [0.25, 0.3) is 0 Å². The first kappa shape index (κ1) is 33.5. The topological polar surface area (TPSA) is 165 Å². The van der Waals surface area contributed by atoms with Crippen molar-refractivity contribution in [2.24, 2.45) is 0 Å². The fourth-order valence-electron chi connectivity index (χ4n) is 4.18. The molecular weight excluding hydrogens is 540 g/mol. The molecule has 1 fully saturated rings. The lowest BCUT2D eigenvalue weighted by atomic mass is 9.96. The maximum atomic E-state index is 12.0. The second-order valence-electron chi connectivity index (χ2n) is 9.49. The molecule has 0 unspecified atom stereocenters. The van der Waals surface area contributed by atoms with E-state index >= 15 is 0 Å². The van der Waals surface area contributed by atoms with Crippen LogP contribution in [0.2, 0.25) is 0 Å². The Morgan fingerprint density at radius 3 is 2.10 bits per heavy atom. The Balaban J connectivity index is 1.86. The molecule has 13 nitrogen and oxygen atoms in total. The molecule has 5 atom stereocenters. The van der Waals surface area contributed by atoms with Crippen molar-refractivity contribution in [2.45, 2.75) is 90.6 Å². The lowest BCUT2D eigenvalue weighted by Gasteiger charge is -2.44. The zero-order valence-corrected chi connectivity index (χ0v) is 23.9. The second kappa shape index (κ2) is 17.9. The van der Waals surface area contributed by atoms with Crippen LogP contribution >= 0.6 is 0 Å². The predicted octanol–water partition coefficient (Wildman–Crippen LogP) is 2.15. The first-order valence-corrected chi connectivity index (χ1v) is 13.5. The second-order valence-corrected chi connectivity index (χ2v) is 9.49. The quantitative estimate of drug-likeness (QED) is 0.177. The van der Waals surface area contributed by atoms with Crippen LogP contribution in [0.4, 0.5) is 4.79 Å². The van der Waals surface area contributed by atoms with Gasteiger partial charge >= 0.3 is 24.0 Å². The minimum atomic E-state index is -1.17. The zero-order valence-electron chi connectivity index (χ0n) is 23.9. The number of amides is 2. The first-order chi connectivity index (χ1) is 19.6. The molecule has 0 saturated carbocycles. The fourth-order valence-corrected chi connectivity index (χ4v) is 4.18. The molecule has 1 aromatic carbocycles. The molecule has 0 aliphatic carbocycles. The maximum absolute atomic E-state index is 12.0. The molecule has 41 heavy (non-hydrogen) atoms. The summed E-state index contributed by atoms with van der Waals surface area (Å²) < 4.78 is 32.9. The third-order valence-electron chi connectivity index (χ3n) is 5.91. The molecule has 2 rings (SSSR count). The number of nitrogens with one attached hydrogen (secondary N) is 2. The van der Waals surface area contributed by atoms with Crippen LogP contribution in [0.5, 0.6) is 0 Å². The smallest absolute Gasteiger partial charge is 0.407 e. The summed E-state index contributed by atoms with van der Waals surface area (Å²) >= 11 is 0. The summed E-state index contributed by atoms with van der Waals surface area (Å²) in [6.45, 7) is 5.45. The highest BCUT2D eigenvalue weighted by molar-refractivity contribution is 5.73. The molecule has 1 aliphatic heterocycles. The Morgan fingerprint density at radius 1 is 0.805 bits per heavy atom. The third-order valence-corrected chi connectivity index (χ3v) is 5.91. The largest absolute Gasteiger partial charge is 0.463 e. The minimum absolute atomic E-state index is 0.203. The molecule has 13 heteroatoms. The van der Waals surface area contributed by atoms with Crippen LogP contribution in [0.3, 0.4) is 0 Å². The molecule has 1 aromatic rings. The van der Waals surface area contributed by atoms with Crippen molar-refractivity contribution >= 4 is 29.9 Å². The van der Waals surface area contributed by atoms with Gasteiger partial charge in [-0.15, -0.1) is 0 Å². The number of unbranched alkanes of at least 4 members (excludes halogenated alkanes) is 3. The zero-order chi connectivity index (χ0) is 30.2. The van der Waals surface area contributed by atoms with Gasteiger partial charge in [-0.05, 0) is 18.4 Å². The van der Waals surface area contributed by atoms with Crippen molar-refractivity contribution in [1.29, 1.82) is 0 Å². The average molecular weight is 581 g/mol. The Labute approximate surface area is 239 Å². The van der Waals surface area contributed by atoms with Crippen molar-refractivity contribution < 1.29 is 52.4 Å². The van der Waals surface area contributed by atoms with Gasteiger partial charge in [0.25, 0.3) is 0 Å². The van der Waals surface area contributed by atoms with Crippen LogP contribution in [-0.2, 0) is 54.2 Å². The summed E-state index contributed by atoms with van der Waals surface area (Å²) in [7, 11) is 0. The van der Waals surface area contributed by atoms with Gasteiger partial charge < -0.3 is 39.1 Å². The SMILES string of the molecule is CC(=O)N[C@@H]1[C@@H](OCCCCCCNC(=O)OCc2ccccc2)O[C@@H](COC(C)=O)[C@@H](OC(C)=O)[C@H]1OC(C)=O. The number of rotatable bonds is 15. The van der Waals surface area contributed by atoms with Gasteiger partial charge in [0, 0.05) is 40.8 Å². The fraction of sp³-hybridized carbons (Fsp3) is 0.607. The lowest BCUT2D eigenvalue weighted by Crippen LogP contribution is -2.66. The molecule has 1 aliphatic rings. The van der Waals surface area contributed by atoms with Crippen molar-refractivity contribution in [2.75, 3.05) is 19.8 Å². The van der Waals surface area contributed by atoms with Crippen LogP contribution in [-0.4, -0.2) is 80.3 Å². The van der Waals surface area contributed by atoms with Crippen molar-refractivity contribution in [3.05, 3.63) is 35.9 Å². The van der Waals surface area contributed by atoms with Gasteiger partial charge in [-0.25, -0.2) is 4.79 Å². The number of benzene rings is 1. The lowest BCUT2D eigenvalue weighted by molar-refractivity contribution is -0.277. The summed E-state index contributed by atoms with van der Waals surface area (Å²) in [5.74, 6) is -2.38. The number of esters is 3. The number of carbonyl (C=O) groups excluding carboxylic acids is 5. The van der Waals surface area contributed by atoms with Gasteiger partial charge in [-0.1, -0.05) is 43.2 Å². The molecular formula is C28H40N2O11. The molecule has 2 amide bonds. The Bertz CT molecular complexity index is 1000. The molecule has 0 aromatic heterocycles. The highest BCUT2D eigenvalue weighted by atomic mass is 16.7. The summed E-state index contributed by atoms with van der Waals surface area (Å²) in [5.41, 5.74) is 0.907.